The minimum atomic E-state index is 0.431. The molecule has 0 radical (unpaired) electrons. The van der Waals surface area contributed by atoms with Gasteiger partial charge in [-0.05, 0) is 29.8 Å². The molecular weight excluding hydrogens is 389 g/mol. The van der Waals surface area contributed by atoms with Gasteiger partial charge in [-0.25, -0.2) is 0 Å². The van der Waals surface area contributed by atoms with Gasteiger partial charge < -0.3 is 10.1 Å². The number of halogens is 2. The van der Waals surface area contributed by atoms with Crippen molar-refractivity contribution in [3.8, 4) is 11.5 Å². The number of hydrogen-bond donors (Lipinski definition) is 1. The van der Waals surface area contributed by atoms with E-state index in [4.69, 9.17) is 27.9 Å². The zero-order valence-electron chi connectivity index (χ0n) is 13.7. The van der Waals surface area contributed by atoms with Crippen molar-refractivity contribution < 1.29 is 8.95 Å². The standard InChI is InChI=1S/C20H16Cl2NO2S/c21-18-8-6-17(11-19(18)22)25-16-7-9-20(26-24)15(10-16)13-23-12-14-4-2-1-3-5-14/h1-11,23H,12-13H2/q+1. The third kappa shape index (κ3) is 5.02. The maximum Gasteiger partial charge on any atom is 0.505 e. The summed E-state index contributed by atoms with van der Waals surface area (Å²) in [7, 11) is 0. The fourth-order valence-corrected chi connectivity index (χ4v) is 3.10. The van der Waals surface area contributed by atoms with Crippen LogP contribution in [0.15, 0.2) is 71.6 Å². The third-order valence-corrected chi connectivity index (χ3v) is 5.05. The van der Waals surface area contributed by atoms with Gasteiger partial charge in [0.05, 0.1) is 10.0 Å². The molecule has 3 aromatic rings. The van der Waals surface area contributed by atoms with E-state index in [2.05, 4.69) is 17.4 Å². The van der Waals surface area contributed by atoms with E-state index in [-0.39, 0.29) is 0 Å². The molecule has 3 nitrogen and oxygen atoms in total. The van der Waals surface area contributed by atoms with E-state index in [1.54, 1.807) is 30.3 Å². The van der Waals surface area contributed by atoms with Crippen LogP contribution in [0.25, 0.3) is 0 Å². The average Bonchev–Trinajstić information content (AvgIpc) is 2.66. The molecule has 0 spiro atoms. The van der Waals surface area contributed by atoms with Gasteiger partial charge in [-0.1, -0.05) is 53.5 Å². The van der Waals surface area contributed by atoms with E-state index in [1.165, 1.54) is 5.56 Å². The van der Waals surface area contributed by atoms with Gasteiger partial charge in [-0.2, -0.15) is 0 Å². The first-order valence-electron chi connectivity index (χ1n) is 7.96. The van der Waals surface area contributed by atoms with Crippen LogP contribution in [0.2, 0.25) is 10.0 Å². The molecule has 0 saturated heterocycles. The van der Waals surface area contributed by atoms with Crippen LogP contribution in [-0.4, -0.2) is 0 Å². The number of ether oxygens (including phenoxy) is 1. The van der Waals surface area contributed by atoms with Crippen LogP contribution in [0.4, 0.5) is 0 Å². The summed E-state index contributed by atoms with van der Waals surface area (Å²) >= 11 is 12.4. The Morgan fingerprint density at radius 3 is 2.31 bits per heavy atom. The van der Waals surface area contributed by atoms with Crippen LogP contribution in [0.1, 0.15) is 11.1 Å². The lowest BCUT2D eigenvalue weighted by Crippen LogP contribution is -2.13. The summed E-state index contributed by atoms with van der Waals surface area (Å²) in [5, 5.41) is 4.26. The topological polar surface area (TPSA) is 38.3 Å². The zero-order valence-corrected chi connectivity index (χ0v) is 16.1. The lowest BCUT2D eigenvalue weighted by Gasteiger charge is -2.09. The van der Waals surface area contributed by atoms with E-state index >= 15 is 0 Å². The van der Waals surface area contributed by atoms with Crippen LogP contribution in [0.5, 0.6) is 11.5 Å². The molecule has 132 valence electrons. The molecule has 0 unspecified atom stereocenters. The van der Waals surface area contributed by atoms with E-state index in [1.807, 2.05) is 24.3 Å². The second-order valence-corrected chi connectivity index (χ2v) is 7.04. The minimum absolute atomic E-state index is 0.431. The summed E-state index contributed by atoms with van der Waals surface area (Å²) in [6.45, 7) is 1.29. The van der Waals surface area contributed by atoms with Crippen LogP contribution in [-0.2, 0) is 29.0 Å². The van der Waals surface area contributed by atoms with Gasteiger partial charge in [0.2, 0.25) is 0 Å². The molecule has 0 aliphatic carbocycles. The van der Waals surface area contributed by atoms with Crippen LogP contribution >= 0.6 is 23.2 Å². The molecular formula is C20H16Cl2NO2S+. The van der Waals surface area contributed by atoms with Crippen molar-refractivity contribution in [1.29, 1.82) is 0 Å². The van der Waals surface area contributed by atoms with E-state index in [9.17, 15) is 4.21 Å². The SMILES string of the molecule is O=[S+]c1ccc(Oc2ccc(Cl)c(Cl)c2)cc1CNCc1ccccc1. The van der Waals surface area contributed by atoms with E-state index in [0.717, 1.165) is 12.1 Å². The quantitative estimate of drug-likeness (QED) is 0.500. The fourth-order valence-electron chi connectivity index (χ4n) is 2.45. The number of benzene rings is 3. The maximum atomic E-state index is 11.4. The van der Waals surface area contributed by atoms with E-state index in [0.29, 0.717) is 44.7 Å². The first kappa shape index (κ1) is 18.8. The van der Waals surface area contributed by atoms with Gasteiger partial charge in [0, 0.05) is 35.0 Å². The van der Waals surface area contributed by atoms with Gasteiger partial charge >= 0.3 is 11.7 Å². The molecule has 3 aromatic carbocycles. The van der Waals surface area contributed by atoms with Gasteiger partial charge in [-0.3, -0.25) is 0 Å². The van der Waals surface area contributed by atoms with Crippen molar-refractivity contribution >= 4 is 34.9 Å². The molecule has 26 heavy (non-hydrogen) atoms. The first-order chi connectivity index (χ1) is 12.7. The number of rotatable bonds is 7. The highest BCUT2D eigenvalue weighted by Gasteiger charge is 2.15. The Morgan fingerprint density at radius 1 is 0.846 bits per heavy atom. The van der Waals surface area contributed by atoms with Gasteiger partial charge in [0.25, 0.3) is 4.90 Å². The highest BCUT2D eigenvalue weighted by molar-refractivity contribution is 7.65. The summed E-state index contributed by atoms with van der Waals surface area (Å²) < 4.78 is 17.2. The summed E-state index contributed by atoms with van der Waals surface area (Å²) in [5.41, 5.74) is 2.07. The normalized spacial score (nSPS) is 10.5. The van der Waals surface area contributed by atoms with Gasteiger partial charge in [0.15, 0.2) is 0 Å². The summed E-state index contributed by atoms with van der Waals surface area (Å²) in [5.74, 6) is 1.22. The second kappa shape index (κ2) is 9.10. The van der Waals surface area contributed by atoms with Crippen molar-refractivity contribution in [3.63, 3.8) is 0 Å². The Labute approximate surface area is 166 Å². The van der Waals surface area contributed by atoms with Crippen molar-refractivity contribution in [2.75, 3.05) is 0 Å². The molecule has 0 aliphatic heterocycles. The van der Waals surface area contributed by atoms with Crippen LogP contribution < -0.4 is 10.1 Å². The predicted molar refractivity (Wildman–Crippen MR) is 106 cm³/mol. The summed E-state index contributed by atoms with van der Waals surface area (Å²) in [6.07, 6.45) is 0. The lowest BCUT2D eigenvalue weighted by atomic mass is 10.2. The molecule has 3 rings (SSSR count). The average molecular weight is 405 g/mol. The third-order valence-electron chi connectivity index (χ3n) is 3.74. The highest BCUT2D eigenvalue weighted by atomic mass is 35.5. The summed E-state index contributed by atoms with van der Waals surface area (Å²) in [6, 6.07) is 20.6. The lowest BCUT2D eigenvalue weighted by molar-refractivity contribution is 0.481. The zero-order chi connectivity index (χ0) is 18.4. The minimum Gasteiger partial charge on any atom is -0.457 e. The Bertz CT molecular complexity index is 904. The van der Waals surface area contributed by atoms with Crippen LogP contribution in [0.3, 0.4) is 0 Å². The van der Waals surface area contributed by atoms with E-state index < -0.39 is 0 Å². The van der Waals surface area contributed by atoms with Crippen molar-refractivity contribution in [2.45, 2.75) is 18.0 Å². The Hall–Kier alpha value is -1.98. The molecule has 0 atom stereocenters. The maximum absolute atomic E-state index is 11.4. The highest BCUT2D eigenvalue weighted by Crippen LogP contribution is 2.30. The fraction of sp³-hybridized carbons (Fsp3) is 0.100. The van der Waals surface area contributed by atoms with Crippen molar-refractivity contribution in [2.24, 2.45) is 0 Å². The molecule has 0 amide bonds. The Balaban J connectivity index is 1.71. The van der Waals surface area contributed by atoms with Crippen molar-refractivity contribution in [3.05, 3.63) is 87.9 Å². The Morgan fingerprint density at radius 2 is 1.58 bits per heavy atom. The Kier molecular flexibility index (Phi) is 6.58. The van der Waals surface area contributed by atoms with Crippen molar-refractivity contribution in [1.82, 2.24) is 5.32 Å². The number of hydrogen-bond acceptors (Lipinski definition) is 3. The molecule has 0 aromatic heterocycles. The molecule has 1 N–H and O–H groups in total. The monoisotopic (exact) mass is 404 g/mol. The predicted octanol–water partition coefficient (Wildman–Crippen LogP) is 5.86. The summed E-state index contributed by atoms with van der Waals surface area (Å²) in [4.78, 5) is 0.673. The van der Waals surface area contributed by atoms with Gasteiger partial charge in [-0.15, -0.1) is 0 Å². The number of nitrogens with one attached hydrogen (secondary N) is 1. The molecule has 0 fully saturated rings. The molecule has 0 bridgehead atoms. The molecule has 0 heterocycles. The molecule has 0 saturated carbocycles. The smallest absolute Gasteiger partial charge is 0.457 e. The largest absolute Gasteiger partial charge is 0.505 e. The van der Waals surface area contributed by atoms with Gasteiger partial charge in [0.1, 0.15) is 11.5 Å². The molecule has 6 heteroatoms. The first-order valence-corrected chi connectivity index (χ1v) is 9.46. The molecule has 0 aliphatic rings. The van der Waals surface area contributed by atoms with Crippen LogP contribution in [0, 0.1) is 0 Å². The second-order valence-electron chi connectivity index (χ2n) is 5.62.